The number of thioether (sulfide) groups is 1. The summed E-state index contributed by atoms with van der Waals surface area (Å²) in [6, 6.07) is 12.7. The van der Waals surface area contributed by atoms with Crippen LogP contribution in [0.4, 0.5) is 0 Å². The molecule has 2 aromatic carbocycles. The van der Waals surface area contributed by atoms with Crippen molar-refractivity contribution in [2.45, 2.75) is 33.8 Å². The second kappa shape index (κ2) is 12.5. The van der Waals surface area contributed by atoms with Gasteiger partial charge in [0.05, 0.1) is 18.1 Å². The number of rotatable bonds is 9. The number of halogens is 1. The van der Waals surface area contributed by atoms with Crippen LogP contribution in [0.5, 0.6) is 11.5 Å². The zero-order valence-corrected chi connectivity index (χ0v) is 21.2. The van der Waals surface area contributed by atoms with Crippen LogP contribution in [-0.4, -0.2) is 35.2 Å². The Kier molecular flexibility index (Phi) is 9.39. The molecule has 7 nitrogen and oxygen atoms in total. The van der Waals surface area contributed by atoms with Crippen molar-refractivity contribution in [3.63, 3.8) is 0 Å². The van der Waals surface area contributed by atoms with Crippen LogP contribution in [0.25, 0.3) is 6.08 Å². The van der Waals surface area contributed by atoms with Crippen LogP contribution in [-0.2, 0) is 20.9 Å². The second-order valence-electron chi connectivity index (χ2n) is 7.24. The number of nitrogens with zero attached hydrogens (tertiary/aromatic N) is 1. The molecule has 0 fully saturated rings. The lowest BCUT2D eigenvalue weighted by Crippen LogP contribution is -2.14. The van der Waals surface area contributed by atoms with Crippen molar-refractivity contribution in [2.75, 3.05) is 13.2 Å². The van der Waals surface area contributed by atoms with Gasteiger partial charge in [0.2, 0.25) is 5.91 Å². The van der Waals surface area contributed by atoms with Gasteiger partial charge in [0.15, 0.2) is 11.5 Å². The number of aliphatic hydroxyl groups is 1. The van der Waals surface area contributed by atoms with Crippen LogP contribution in [0.15, 0.2) is 63.7 Å². The van der Waals surface area contributed by atoms with Crippen molar-refractivity contribution >= 4 is 46.4 Å². The SMILES string of the molecule is CCOC(=O)C1=C(O)/C(=C/c2ccc(OCc3ccccc3Cl)c(OCC)c2)SC1=NC(=O)CC. The fraction of sp³-hybridized carbons (Fsp3) is 0.269. The maximum absolute atomic E-state index is 12.4. The molecule has 1 aliphatic heterocycles. The largest absolute Gasteiger partial charge is 0.506 e. The monoisotopic (exact) mass is 515 g/mol. The van der Waals surface area contributed by atoms with Gasteiger partial charge in [-0.25, -0.2) is 9.79 Å². The van der Waals surface area contributed by atoms with Crippen LogP contribution >= 0.6 is 23.4 Å². The van der Waals surface area contributed by atoms with Crippen molar-refractivity contribution in [3.05, 3.63) is 74.9 Å². The molecule has 1 N–H and O–H groups in total. The summed E-state index contributed by atoms with van der Waals surface area (Å²) >= 11 is 7.25. The summed E-state index contributed by atoms with van der Waals surface area (Å²) in [6.45, 7) is 6.01. The molecule has 1 amide bonds. The third kappa shape index (κ3) is 6.68. The minimum atomic E-state index is -0.734. The van der Waals surface area contributed by atoms with Gasteiger partial charge in [-0.05, 0) is 43.7 Å². The number of ether oxygens (including phenoxy) is 3. The molecule has 0 spiro atoms. The zero-order valence-electron chi connectivity index (χ0n) is 19.7. The molecule has 1 aliphatic rings. The lowest BCUT2D eigenvalue weighted by molar-refractivity contribution is -0.138. The molecule has 0 radical (unpaired) electrons. The molecule has 184 valence electrons. The third-order valence-electron chi connectivity index (χ3n) is 4.81. The van der Waals surface area contributed by atoms with E-state index in [4.69, 9.17) is 25.8 Å². The lowest BCUT2D eigenvalue weighted by Gasteiger charge is -2.13. The van der Waals surface area contributed by atoms with Crippen molar-refractivity contribution in [3.8, 4) is 11.5 Å². The van der Waals surface area contributed by atoms with E-state index in [1.807, 2.05) is 25.1 Å². The number of benzene rings is 2. The predicted molar refractivity (Wildman–Crippen MR) is 138 cm³/mol. The molecule has 1 heterocycles. The van der Waals surface area contributed by atoms with E-state index in [0.717, 1.165) is 17.3 Å². The van der Waals surface area contributed by atoms with E-state index in [1.165, 1.54) is 0 Å². The third-order valence-corrected chi connectivity index (χ3v) is 6.19. The minimum absolute atomic E-state index is 0.115. The second-order valence-corrected chi connectivity index (χ2v) is 8.68. The lowest BCUT2D eigenvalue weighted by atomic mass is 10.1. The molecule has 3 rings (SSSR count). The fourth-order valence-corrected chi connectivity index (χ4v) is 4.33. The summed E-state index contributed by atoms with van der Waals surface area (Å²) in [5.74, 6) is -0.367. The Bertz CT molecular complexity index is 1200. The number of aliphatic imine (C=N–C) groups is 1. The quantitative estimate of drug-likeness (QED) is 0.402. The Hall–Kier alpha value is -3.23. The van der Waals surface area contributed by atoms with Gasteiger partial charge in [-0.2, -0.15) is 0 Å². The summed E-state index contributed by atoms with van der Waals surface area (Å²) in [5.41, 5.74) is 1.42. The van der Waals surface area contributed by atoms with Crippen molar-refractivity contribution in [1.82, 2.24) is 0 Å². The van der Waals surface area contributed by atoms with Gasteiger partial charge < -0.3 is 19.3 Å². The van der Waals surface area contributed by atoms with Gasteiger partial charge in [0.1, 0.15) is 23.0 Å². The average Bonchev–Trinajstić information content (AvgIpc) is 3.14. The number of hydrogen-bond acceptors (Lipinski definition) is 7. The van der Waals surface area contributed by atoms with E-state index < -0.39 is 11.9 Å². The first-order valence-electron chi connectivity index (χ1n) is 11.1. The van der Waals surface area contributed by atoms with Crippen LogP contribution in [0, 0.1) is 0 Å². The average molecular weight is 516 g/mol. The van der Waals surface area contributed by atoms with E-state index >= 15 is 0 Å². The molecule has 0 saturated heterocycles. The highest BCUT2D eigenvalue weighted by Gasteiger charge is 2.33. The first-order valence-corrected chi connectivity index (χ1v) is 12.3. The maximum atomic E-state index is 12.4. The summed E-state index contributed by atoms with van der Waals surface area (Å²) in [5, 5.41) is 11.5. The molecular weight excluding hydrogens is 490 g/mol. The number of aliphatic hydroxyl groups excluding tert-OH is 1. The first-order chi connectivity index (χ1) is 16.9. The molecule has 35 heavy (non-hydrogen) atoms. The molecule has 0 bridgehead atoms. The van der Waals surface area contributed by atoms with Gasteiger partial charge in [0, 0.05) is 17.0 Å². The predicted octanol–water partition coefficient (Wildman–Crippen LogP) is 6.12. The molecule has 0 aromatic heterocycles. The number of amides is 1. The van der Waals surface area contributed by atoms with E-state index in [0.29, 0.717) is 33.6 Å². The highest BCUT2D eigenvalue weighted by molar-refractivity contribution is 8.18. The van der Waals surface area contributed by atoms with Gasteiger partial charge >= 0.3 is 5.97 Å². The van der Waals surface area contributed by atoms with Crippen molar-refractivity contribution in [1.29, 1.82) is 0 Å². The van der Waals surface area contributed by atoms with Crippen LogP contribution < -0.4 is 9.47 Å². The molecule has 0 aliphatic carbocycles. The van der Waals surface area contributed by atoms with Crippen LogP contribution in [0.1, 0.15) is 38.3 Å². The molecule has 0 atom stereocenters. The Balaban J connectivity index is 1.91. The first kappa shape index (κ1) is 26.4. The Morgan fingerprint density at radius 1 is 1.06 bits per heavy atom. The summed E-state index contributed by atoms with van der Waals surface area (Å²) in [4.78, 5) is 28.6. The zero-order chi connectivity index (χ0) is 25.4. The molecule has 2 aromatic rings. The molecular formula is C26H26ClNO6S. The normalized spacial score (nSPS) is 15.5. The highest BCUT2D eigenvalue weighted by Crippen LogP contribution is 2.40. The summed E-state index contributed by atoms with van der Waals surface area (Å²) in [7, 11) is 0. The Labute approximate surface area is 213 Å². The van der Waals surface area contributed by atoms with E-state index in [1.54, 1.807) is 44.2 Å². The Morgan fingerprint density at radius 3 is 2.51 bits per heavy atom. The molecule has 0 unspecified atom stereocenters. The van der Waals surface area contributed by atoms with Crippen LogP contribution in [0.3, 0.4) is 0 Å². The van der Waals surface area contributed by atoms with Crippen LogP contribution in [0.2, 0.25) is 5.02 Å². The number of hydrogen-bond donors (Lipinski definition) is 1. The summed E-state index contributed by atoms with van der Waals surface area (Å²) < 4.78 is 16.7. The number of carbonyl (C=O) groups excluding carboxylic acids is 2. The van der Waals surface area contributed by atoms with Gasteiger partial charge in [-0.1, -0.05) is 54.6 Å². The van der Waals surface area contributed by atoms with E-state index in [2.05, 4.69) is 4.99 Å². The highest BCUT2D eigenvalue weighted by atomic mass is 35.5. The Morgan fingerprint density at radius 2 is 1.83 bits per heavy atom. The van der Waals surface area contributed by atoms with Gasteiger partial charge in [-0.3, -0.25) is 4.79 Å². The van der Waals surface area contributed by atoms with Gasteiger partial charge in [0.25, 0.3) is 0 Å². The van der Waals surface area contributed by atoms with Crippen molar-refractivity contribution in [2.24, 2.45) is 4.99 Å². The smallest absolute Gasteiger partial charge is 0.344 e. The number of esters is 1. The van der Waals surface area contributed by atoms with E-state index in [-0.39, 0.29) is 36.0 Å². The minimum Gasteiger partial charge on any atom is -0.506 e. The van der Waals surface area contributed by atoms with Crippen molar-refractivity contribution < 1.29 is 28.9 Å². The molecule has 9 heteroatoms. The van der Waals surface area contributed by atoms with Gasteiger partial charge in [-0.15, -0.1) is 0 Å². The number of carbonyl (C=O) groups is 2. The fourth-order valence-electron chi connectivity index (χ4n) is 3.11. The van der Waals surface area contributed by atoms with E-state index in [9.17, 15) is 14.7 Å². The summed E-state index contributed by atoms with van der Waals surface area (Å²) in [6.07, 6.45) is 1.85. The molecule has 0 saturated carbocycles. The topological polar surface area (TPSA) is 94.4 Å². The standard InChI is InChI=1S/C26H26ClNO6S/c1-4-22(29)28-25-23(26(31)33-6-3)24(30)21(35-25)14-16-11-12-19(20(13-16)32-5-2)34-15-17-9-7-8-10-18(17)27/h7-14,30H,4-6,15H2,1-3H3/b21-14-,28-25?. The maximum Gasteiger partial charge on any atom is 0.344 e.